The minimum atomic E-state index is -0.729. The predicted octanol–water partition coefficient (Wildman–Crippen LogP) is 1.94. The van der Waals surface area contributed by atoms with Gasteiger partial charge in [0.15, 0.2) is 0 Å². The van der Waals surface area contributed by atoms with Crippen molar-refractivity contribution in [2.45, 2.75) is 25.7 Å². The molecule has 2 rings (SSSR count). The highest BCUT2D eigenvalue weighted by atomic mass is 35.5. The number of hydrogen-bond acceptors (Lipinski definition) is 5. The van der Waals surface area contributed by atoms with Crippen LogP contribution >= 0.6 is 11.6 Å². The second-order valence-corrected chi connectivity index (χ2v) is 5.02. The van der Waals surface area contributed by atoms with Gasteiger partial charge in [-0.1, -0.05) is 23.7 Å². The Bertz CT molecular complexity index is 621. The zero-order chi connectivity index (χ0) is 15.2. The Hall–Kier alpha value is -1.94. The summed E-state index contributed by atoms with van der Waals surface area (Å²) in [5, 5.41) is 23.1. The minimum absolute atomic E-state index is 0.0812. The lowest BCUT2D eigenvalue weighted by atomic mass is 10.1. The van der Waals surface area contributed by atoms with Gasteiger partial charge < -0.3 is 9.84 Å². The Kier molecular flexibility index (Phi) is 5.28. The van der Waals surface area contributed by atoms with Crippen LogP contribution in [0.3, 0.4) is 0 Å². The van der Waals surface area contributed by atoms with Crippen LogP contribution in [0.2, 0.25) is 5.02 Å². The highest BCUT2D eigenvalue weighted by Gasteiger charge is 2.11. The fourth-order valence-corrected chi connectivity index (χ4v) is 1.91. The van der Waals surface area contributed by atoms with Gasteiger partial charge in [0.1, 0.15) is 12.4 Å². The molecule has 21 heavy (non-hydrogen) atoms. The quantitative estimate of drug-likeness (QED) is 0.881. The number of ether oxygens (including phenoxy) is 1. The average Bonchev–Trinajstić information content (AvgIpc) is 2.93. The van der Waals surface area contributed by atoms with E-state index in [2.05, 4.69) is 10.1 Å². The number of aliphatic hydroxyl groups excluding tert-OH is 1. The van der Waals surface area contributed by atoms with E-state index in [0.717, 1.165) is 5.56 Å². The van der Waals surface area contributed by atoms with Gasteiger partial charge in [0, 0.05) is 5.02 Å². The summed E-state index contributed by atoms with van der Waals surface area (Å²) < 4.78 is 7.03. The van der Waals surface area contributed by atoms with Crippen molar-refractivity contribution in [1.29, 1.82) is 5.26 Å². The highest BCUT2D eigenvalue weighted by molar-refractivity contribution is 6.30. The van der Waals surface area contributed by atoms with Crippen LogP contribution in [-0.2, 0) is 11.3 Å². The molecule has 0 amide bonds. The van der Waals surface area contributed by atoms with Crippen molar-refractivity contribution in [3.8, 4) is 6.07 Å². The van der Waals surface area contributed by atoms with E-state index in [0.29, 0.717) is 5.02 Å². The molecular formula is C14H15ClN4O2. The van der Waals surface area contributed by atoms with Crippen LogP contribution in [-0.4, -0.2) is 32.6 Å². The molecule has 7 heteroatoms. The number of nitrogens with zero attached hydrogens (tertiary/aromatic N) is 4. The fraction of sp³-hybridized carbons (Fsp3) is 0.357. The summed E-state index contributed by atoms with van der Waals surface area (Å²) >= 11 is 5.83. The largest absolute Gasteiger partial charge is 0.389 e. The van der Waals surface area contributed by atoms with Gasteiger partial charge in [-0.05, 0) is 24.6 Å². The first-order chi connectivity index (χ1) is 10.1. The average molecular weight is 307 g/mol. The number of nitriles is 1. The Morgan fingerprint density at radius 1 is 1.43 bits per heavy atom. The zero-order valence-corrected chi connectivity index (χ0v) is 12.2. The summed E-state index contributed by atoms with van der Waals surface area (Å²) in [6.07, 6.45) is 0.528. The van der Waals surface area contributed by atoms with E-state index in [1.807, 2.05) is 25.1 Å². The zero-order valence-electron chi connectivity index (χ0n) is 11.5. The summed E-state index contributed by atoms with van der Waals surface area (Å²) in [5.74, 6) is 0.0812. The lowest BCUT2D eigenvalue weighted by molar-refractivity contribution is -0.00998. The highest BCUT2D eigenvalue weighted by Crippen LogP contribution is 2.19. The number of aliphatic hydroxyl groups is 1. The van der Waals surface area contributed by atoms with Gasteiger partial charge in [-0.2, -0.15) is 5.26 Å². The van der Waals surface area contributed by atoms with Crippen LogP contribution in [0.25, 0.3) is 0 Å². The molecule has 0 saturated carbocycles. The summed E-state index contributed by atoms with van der Waals surface area (Å²) in [6.45, 7) is 2.28. The van der Waals surface area contributed by atoms with Crippen molar-refractivity contribution in [2.24, 2.45) is 0 Å². The molecule has 0 fully saturated rings. The maximum Gasteiger partial charge on any atom is 0.252 e. The maximum atomic E-state index is 9.91. The van der Waals surface area contributed by atoms with Gasteiger partial charge >= 0.3 is 0 Å². The normalized spacial score (nSPS) is 13.6. The molecule has 110 valence electrons. The molecule has 0 spiro atoms. The third kappa shape index (κ3) is 4.53. The molecule has 0 unspecified atom stereocenters. The van der Waals surface area contributed by atoms with E-state index in [1.54, 1.807) is 12.1 Å². The van der Waals surface area contributed by atoms with Crippen molar-refractivity contribution in [3.63, 3.8) is 0 Å². The topological polar surface area (TPSA) is 84.0 Å². The van der Waals surface area contributed by atoms with E-state index >= 15 is 0 Å². The molecule has 1 aromatic carbocycles. The molecule has 1 N–H and O–H groups in total. The van der Waals surface area contributed by atoms with Crippen LogP contribution in [0.1, 0.15) is 24.4 Å². The van der Waals surface area contributed by atoms with Gasteiger partial charge in [0.2, 0.25) is 0 Å². The fourth-order valence-electron chi connectivity index (χ4n) is 1.79. The smallest absolute Gasteiger partial charge is 0.252 e. The first-order valence-electron chi connectivity index (χ1n) is 6.43. The molecular weight excluding hydrogens is 292 g/mol. The SMILES string of the molecule is C[C@H](OC[C@H](O)Cn1cnc(C#N)n1)c1ccc(Cl)cc1. The van der Waals surface area contributed by atoms with E-state index in [9.17, 15) is 5.11 Å². The predicted molar refractivity (Wildman–Crippen MR) is 76.6 cm³/mol. The Balaban J connectivity index is 1.81. The molecule has 0 saturated heterocycles. The molecule has 0 radical (unpaired) electrons. The third-order valence-electron chi connectivity index (χ3n) is 2.91. The Morgan fingerprint density at radius 3 is 2.76 bits per heavy atom. The second-order valence-electron chi connectivity index (χ2n) is 4.58. The summed E-state index contributed by atoms with van der Waals surface area (Å²) in [7, 11) is 0. The standard InChI is InChI=1S/C14H15ClN4O2/c1-10(11-2-4-12(15)5-3-11)21-8-13(20)7-19-9-17-14(6-16)18-19/h2-5,9-10,13,20H,7-8H2,1H3/t10-,13+/m0/s1. The van der Waals surface area contributed by atoms with Gasteiger partial charge in [-0.25, -0.2) is 9.67 Å². The number of benzene rings is 1. The molecule has 1 heterocycles. The van der Waals surface area contributed by atoms with Crippen molar-refractivity contribution >= 4 is 11.6 Å². The van der Waals surface area contributed by atoms with Crippen molar-refractivity contribution in [2.75, 3.05) is 6.61 Å². The first kappa shape index (κ1) is 15.4. The monoisotopic (exact) mass is 306 g/mol. The van der Waals surface area contributed by atoms with Gasteiger partial charge in [-0.15, -0.1) is 5.10 Å². The lowest BCUT2D eigenvalue weighted by Crippen LogP contribution is -2.23. The van der Waals surface area contributed by atoms with Crippen molar-refractivity contribution < 1.29 is 9.84 Å². The number of aromatic nitrogens is 3. The van der Waals surface area contributed by atoms with Gasteiger partial charge in [0.25, 0.3) is 5.82 Å². The Labute approximate surface area is 127 Å². The third-order valence-corrected chi connectivity index (χ3v) is 3.16. The lowest BCUT2D eigenvalue weighted by Gasteiger charge is -2.16. The number of halogens is 1. The van der Waals surface area contributed by atoms with Crippen molar-refractivity contribution in [3.05, 3.63) is 47.0 Å². The number of hydrogen-bond donors (Lipinski definition) is 1. The molecule has 1 aromatic heterocycles. The maximum absolute atomic E-state index is 9.91. The molecule has 2 aromatic rings. The van der Waals surface area contributed by atoms with E-state index in [-0.39, 0.29) is 25.1 Å². The van der Waals surface area contributed by atoms with Crippen LogP contribution in [0.5, 0.6) is 0 Å². The molecule has 0 bridgehead atoms. The summed E-state index contributed by atoms with van der Waals surface area (Å²) in [5.41, 5.74) is 0.985. The van der Waals surface area contributed by atoms with Gasteiger partial charge in [0.05, 0.1) is 25.4 Å². The van der Waals surface area contributed by atoms with Crippen LogP contribution < -0.4 is 0 Å². The summed E-state index contributed by atoms with van der Waals surface area (Å²) in [4.78, 5) is 3.77. The van der Waals surface area contributed by atoms with E-state index in [4.69, 9.17) is 21.6 Å². The first-order valence-corrected chi connectivity index (χ1v) is 6.81. The van der Waals surface area contributed by atoms with Gasteiger partial charge in [-0.3, -0.25) is 0 Å². The molecule has 2 atom stereocenters. The molecule has 0 aliphatic heterocycles. The van der Waals surface area contributed by atoms with E-state index < -0.39 is 6.10 Å². The number of rotatable bonds is 6. The van der Waals surface area contributed by atoms with Crippen LogP contribution in [0.15, 0.2) is 30.6 Å². The van der Waals surface area contributed by atoms with Crippen molar-refractivity contribution in [1.82, 2.24) is 14.8 Å². The Morgan fingerprint density at radius 2 is 2.14 bits per heavy atom. The second kappa shape index (κ2) is 7.18. The minimum Gasteiger partial charge on any atom is -0.389 e. The van der Waals surface area contributed by atoms with E-state index in [1.165, 1.54) is 11.0 Å². The molecule has 0 aliphatic rings. The summed E-state index contributed by atoms with van der Waals surface area (Å²) in [6, 6.07) is 9.20. The molecule has 0 aliphatic carbocycles. The molecule has 6 nitrogen and oxygen atoms in total. The van der Waals surface area contributed by atoms with Crippen LogP contribution in [0.4, 0.5) is 0 Å². The van der Waals surface area contributed by atoms with Crippen LogP contribution in [0, 0.1) is 11.3 Å².